The van der Waals surface area contributed by atoms with Crippen molar-refractivity contribution in [1.29, 1.82) is 0 Å². The van der Waals surface area contributed by atoms with E-state index in [9.17, 15) is 12.6 Å². The average molecular weight is 465 g/mol. The van der Waals surface area contributed by atoms with Crippen LogP contribution in [-0.2, 0) is 19.8 Å². The van der Waals surface area contributed by atoms with E-state index in [1.807, 2.05) is 13.0 Å². The zero-order valence-corrected chi connectivity index (χ0v) is 17.3. The molecule has 0 amide bonds. The van der Waals surface area contributed by atoms with Gasteiger partial charge in [-0.15, -0.1) is 3.77 Å². The van der Waals surface area contributed by atoms with Crippen LogP contribution in [0.5, 0.6) is 0 Å². The minimum absolute atomic E-state index is 0.0704. The summed E-state index contributed by atoms with van der Waals surface area (Å²) in [5.74, 6) is 0. The maximum atomic E-state index is 13.6. The monoisotopic (exact) mass is 465 g/mol. The van der Waals surface area contributed by atoms with Crippen LogP contribution in [0.3, 0.4) is 0 Å². The molecule has 0 saturated heterocycles. The molecular weight excluding hydrogens is 445 g/mol. The van der Waals surface area contributed by atoms with E-state index in [0.717, 1.165) is 9.14 Å². The van der Waals surface area contributed by atoms with Crippen LogP contribution in [0.2, 0.25) is 0 Å². The Bertz CT molecular complexity index is 882. The second-order valence-corrected chi connectivity index (χ2v) is 12.5. The van der Waals surface area contributed by atoms with Gasteiger partial charge in [0.1, 0.15) is 0 Å². The lowest BCUT2D eigenvalue weighted by molar-refractivity contribution is 0.596. The summed E-state index contributed by atoms with van der Waals surface area (Å²) >= 11 is 2.09. The van der Waals surface area contributed by atoms with Crippen molar-refractivity contribution >= 4 is 42.3 Å². The van der Waals surface area contributed by atoms with Crippen LogP contribution in [0, 0.1) is 6.92 Å². The first-order chi connectivity index (χ1) is 10.5. The molecule has 23 heavy (non-hydrogen) atoms. The molecule has 0 heterocycles. The molecule has 1 aromatic rings. The van der Waals surface area contributed by atoms with E-state index < -0.39 is 29.7 Å². The molecule has 0 saturated carbocycles. The molecule has 0 aliphatic heterocycles. The number of halogens is 1. The Labute approximate surface area is 152 Å². The van der Waals surface area contributed by atoms with Crippen molar-refractivity contribution in [3.63, 3.8) is 0 Å². The normalized spacial score (nSPS) is 20.9. The van der Waals surface area contributed by atoms with Gasteiger partial charge in [-0.05, 0) is 62.4 Å². The Morgan fingerprint density at radius 2 is 1.65 bits per heavy atom. The summed E-state index contributed by atoms with van der Waals surface area (Å²) in [5, 5.41) is -0.497. The van der Waals surface area contributed by atoms with Crippen molar-refractivity contribution in [2.24, 2.45) is 3.77 Å². The van der Waals surface area contributed by atoms with Gasteiger partial charge in [0.05, 0.1) is 19.9 Å². The molecule has 7 heteroatoms. The SMILES string of the molecule is Cc1ccc(S(=O)(=O)N=S(=O)(C2C=CC=C2I)C(C)(C)C)cc1. The molecule has 0 aromatic heterocycles. The predicted octanol–water partition coefficient (Wildman–Crippen LogP) is 4.21. The molecular formula is C16H20INO3S2. The number of sulfonamides is 1. The lowest BCUT2D eigenvalue weighted by atomic mass is 10.2. The van der Waals surface area contributed by atoms with Crippen LogP contribution < -0.4 is 0 Å². The molecule has 0 radical (unpaired) electrons. The minimum atomic E-state index is -3.99. The Morgan fingerprint density at radius 3 is 2.09 bits per heavy atom. The molecule has 0 N–H and O–H groups in total. The fourth-order valence-corrected chi connectivity index (χ4v) is 8.29. The van der Waals surface area contributed by atoms with Crippen LogP contribution in [0.15, 0.2) is 54.7 Å². The highest BCUT2D eigenvalue weighted by Gasteiger charge is 2.38. The molecule has 2 unspecified atom stereocenters. The third-order valence-electron chi connectivity index (χ3n) is 3.56. The second-order valence-electron chi connectivity index (χ2n) is 6.40. The van der Waals surface area contributed by atoms with E-state index >= 15 is 0 Å². The van der Waals surface area contributed by atoms with Crippen LogP contribution in [0.25, 0.3) is 0 Å². The van der Waals surface area contributed by atoms with Gasteiger partial charge in [-0.2, -0.15) is 8.42 Å². The van der Waals surface area contributed by atoms with E-state index in [4.69, 9.17) is 0 Å². The third kappa shape index (κ3) is 3.71. The molecule has 1 aliphatic rings. The largest absolute Gasteiger partial charge is 0.290 e. The predicted molar refractivity (Wildman–Crippen MR) is 104 cm³/mol. The number of hydrogen-bond acceptors (Lipinski definition) is 3. The third-order valence-corrected chi connectivity index (χ3v) is 10.4. The summed E-state index contributed by atoms with van der Waals surface area (Å²) in [5.41, 5.74) is 0.955. The topological polar surface area (TPSA) is 63.6 Å². The van der Waals surface area contributed by atoms with Gasteiger partial charge < -0.3 is 0 Å². The van der Waals surface area contributed by atoms with Crippen molar-refractivity contribution < 1.29 is 12.6 Å². The molecule has 1 aliphatic carbocycles. The van der Waals surface area contributed by atoms with Crippen LogP contribution in [0.1, 0.15) is 26.3 Å². The summed E-state index contributed by atoms with van der Waals surface area (Å²) in [4.78, 5) is 0.0704. The van der Waals surface area contributed by atoms with Crippen molar-refractivity contribution in [3.8, 4) is 0 Å². The fourth-order valence-electron chi connectivity index (χ4n) is 2.13. The highest BCUT2D eigenvalue weighted by molar-refractivity contribution is 14.1. The fraction of sp³-hybridized carbons (Fsp3) is 0.375. The summed E-state index contributed by atoms with van der Waals surface area (Å²) in [6, 6.07) is 6.42. The molecule has 2 atom stereocenters. The summed E-state index contributed by atoms with van der Waals surface area (Å²) in [6.07, 6.45) is 5.40. The lowest BCUT2D eigenvalue weighted by Gasteiger charge is -2.28. The summed E-state index contributed by atoms with van der Waals surface area (Å²) in [7, 11) is -7.07. The van der Waals surface area contributed by atoms with Crippen molar-refractivity contribution in [3.05, 3.63) is 51.6 Å². The number of rotatable bonds is 3. The first-order valence-electron chi connectivity index (χ1n) is 7.10. The Balaban J connectivity index is 2.67. The zero-order valence-electron chi connectivity index (χ0n) is 13.5. The number of nitrogens with zero attached hydrogens (tertiary/aromatic N) is 1. The van der Waals surface area contributed by atoms with Crippen LogP contribution in [-0.4, -0.2) is 22.6 Å². The molecule has 2 rings (SSSR count). The lowest BCUT2D eigenvalue weighted by Crippen LogP contribution is -2.36. The van der Waals surface area contributed by atoms with E-state index in [1.54, 1.807) is 45.1 Å². The molecule has 0 fully saturated rings. The second kappa shape index (κ2) is 6.33. The first kappa shape index (κ1) is 18.7. The standard InChI is InChI=1S/C16H20INO3S2/c1-12-8-10-13(11-9-12)23(20,21)18-22(19,16(2,3)4)15-7-5-6-14(15)17/h5-11,15H,1-4H3. The Morgan fingerprint density at radius 1 is 1.09 bits per heavy atom. The smallest absolute Gasteiger partial charge is 0.247 e. The average Bonchev–Trinajstić information content (AvgIpc) is 2.84. The van der Waals surface area contributed by atoms with Gasteiger partial charge in [0.2, 0.25) is 0 Å². The maximum absolute atomic E-state index is 13.6. The van der Waals surface area contributed by atoms with Gasteiger partial charge in [-0.25, -0.2) is 4.21 Å². The van der Waals surface area contributed by atoms with Gasteiger partial charge >= 0.3 is 0 Å². The van der Waals surface area contributed by atoms with E-state index in [2.05, 4.69) is 26.4 Å². The van der Waals surface area contributed by atoms with Gasteiger partial charge in [-0.3, -0.25) is 0 Å². The zero-order chi connectivity index (χ0) is 17.5. The number of benzene rings is 1. The molecule has 0 bridgehead atoms. The Hall–Kier alpha value is -0.670. The number of allylic oxidation sites excluding steroid dienone is 2. The van der Waals surface area contributed by atoms with Crippen LogP contribution in [0.4, 0.5) is 0 Å². The van der Waals surface area contributed by atoms with Gasteiger partial charge in [0, 0.05) is 8.33 Å². The van der Waals surface area contributed by atoms with Crippen molar-refractivity contribution in [2.45, 2.75) is 42.6 Å². The first-order valence-corrected chi connectivity index (χ1v) is 11.2. The van der Waals surface area contributed by atoms with Crippen LogP contribution >= 0.6 is 22.6 Å². The van der Waals surface area contributed by atoms with E-state index in [-0.39, 0.29) is 4.90 Å². The maximum Gasteiger partial charge on any atom is 0.290 e. The highest BCUT2D eigenvalue weighted by Crippen LogP contribution is 2.35. The summed E-state index contributed by atoms with van der Waals surface area (Å²) < 4.78 is 43.0. The van der Waals surface area contributed by atoms with E-state index in [1.165, 1.54) is 12.1 Å². The van der Waals surface area contributed by atoms with Gasteiger partial charge in [-0.1, -0.05) is 35.9 Å². The van der Waals surface area contributed by atoms with Gasteiger partial charge in [0.15, 0.2) is 0 Å². The minimum Gasteiger partial charge on any atom is -0.247 e. The van der Waals surface area contributed by atoms with Crippen molar-refractivity contribution in [2.75, 3.05) is 0 Å². The quantitative estimate of drug-likeness (QED) is 0.629. The number of aryl methyl sites for hydroxylation is 1. The van der Waals surface area contributed by atoms with Crippen molar-refractivity contribution in [1.82, 2.24) is 0 Å². The Kier molecular flexibility index (Phi) is 5.13. The molecule has 1 aromatic carbocycles. The van der Waals surface area contributed by atoms with E-state index in [0.29, 0.717) is 0 Å². The molecule has 126 valence electrons. The molecule has 4 nitrogen and oxygen atoms in total. The summed E-state index contributed by atoms with van der Waals surface area (Å²) in [6.45, 7) is 7.17. The molecule has 0 spiro atoms. The number of hydrogen-bond donors (Lipinski definition) is 0. The highest BCUT2D eigenvalue weighted by atomic mass is 127. The van der Waals surface area contributed by atoms with Gasteiger partial charge in [0.25, 0.3) is 10.0 Å².